The summed E-state index contributed by atoms with van der Waals surface area (Å²) in [6, 6.07) is 12.0. The van der Waals surface area contributed by atoms with Crippen molar-refractivity contribution in [3.63, 3.8) is 0 Å². The lowest BCUT2D eigenvalue weighted by molar-refractivity contribution is -0.189. The molecule has 0 bridgehead atoms. The molecule has 13 heteroatoms. The fourth-order valence-corrected chi connectivity index (χ4v) is 3.19. The fourth-order valence-electron chi connectivity index (χ4n) is 3.06. The molecule has 0 saturated heterocycles. The van der Waals surface area contributed by atoms with Crippen molar-refractivity contribution in [2.24, 2.45) is 0 Å². The number of ether oxygens (including phenoxy) is 1. The molecule has 2 aromatic carbocycles. The number of nitrogens with one attached hydrogen (secondary N) is 1. The second kappa shape index (κ2) is 11.4. The van der Waals surface area contributed by atoms with Gasteiger partial charge in [0.1, 0.15) is 12.4 Å². The van der Waals surface area contributed by atoms with Crippen molar-refractivity contribution in [2.45, 2.75) is 38.7 Å². The van der Waals surface area contributed by atoms with Crippen molar-refractivity contribution in [2.75, 3.05) is 11.9 Å². The molecule has 0 saturated carbocycles. The Morgan fingerprint density at radius 1 is 1.11 bits per heavy atom. The summed E-state index contributed by atoms with van der Waals surface area (Å²) in [5, 5.41) is 12.2. The van der Waals surface area contributed by atoms with Gasteiger partial charge in [-0.05, 0) is 48.9 Å². The molecule has 0 radical (unpaired) electrons. The molecule has 0 fully saturated rings. The summed E-state index contributed by atoms with van der Waals surface area (Å²) in [4.78, 5) is 41.1. The van der Waals surface area contributed by atoms with Gasteiger partial charge in [-0.1, -0.05) is 23.7 Å². The van der Waals surface area contributed by atoms with E-state index in [0.717, 1.165) is 11.5 Å². The normalized spacial score (nSPS) is 12.3. The zero-order valence-electron chi connectivity index (χ0n) is 19.0. The molecule has 0 aliphatic carbocycles. The number of anilines is 2. The highest BCUT2D eigenvalue weighted by Crippen LogP contribution is 2.26. The van der Waals surface area contributed by atoms with Crippen LogP contribution in [-0.4, -0.2) is 43.9 Å². The van der Waals surface area contributed by atoms with Crippen molar-refractivity contribution in [3.05, 3.63) is 80.1 Å². The molecule has 36 heavy (non-hydrogen) atoms. The van der Waals surface area contributed by atoms with Crippen molar-refractivity contribution in [1.82, 2.24) is 14.1 Å². The molecule has 3 aromatic rings. The van der Waals surface area contributed by atoms with Gasteiger partial charge < -0.3 is 15.2 Å². The fraction of sp³-hybridized carbons (Fsp3) is 0.304. The molecule has 0 unspecified atom stereocenters. The van der Waals surface area contributed by atoms with E-state index in [1.54, 1.807) is 24.3 Å². The number of benzene rings is 2. The van der Waals surface area contributed by atoms with E-state index in [0.29, 0.717) is 16.3 Å². The maximum atomic E-state index is 13.2. The van der Waals surface area contributed by atoms with Gasteiger partial charge in [-0.15, -0.1) is 0 Å². The van der Waals surface area contributed by atoms with Crippen LogP contribution in [0.25, 0.3) is 0 Å². The number of carbonyl (C=O) groups is 1. The predicted octanol–water partition coefficient (Wildman–Crippen LogP) is 3.13. The molecule has 0 aliphatic rings. The molecule has 0 spiro atoms. The van der Waals surface area contributed by atoms with E-state index in [4.69, 9.17) is 21.4 Å². The number of aromatic nitrogens is 3. The van der Waals surface area contributed by atoms with Crippen molar-refractivity contribution >= 4 is 29.0 Å². The highest BCUT2D eigenvalue weighted by atomic mass is 35.5. The monoisotopic (exact) mass is 526 g/mol. The van der Waals surface area contributed by atoms with Gasteiger partial charge in [-0.25, -0.2) is 14.2 Å². The third kappa shape index (κ3) is 6.95. The maximum Gasteiger partial charge on any atom is 0.425 e. The van der Waals surface area contributed by atoms with E-state index < -0.39 is 36.0 Å². The number of halogens is 4. The minimum Gasteiger partial charge on any atom is -0.481 e. The maximum absolute atomic E-state index is 13.2. The third-order valence-electron chi connectivity index (χ3n) is 5.08. The Morgan fingerprint density at radius 3 is 2.33 bits per heavy atom. The van der Waals surface area contributed by atoms with Crippen LogP contribution in [0, 0.1) is 0 Å². The molecule has 1 aromatic heterocycles. The van der Waals surface area contributed by atoms with E-state index in [1.165, 1.54) is 28.8 Å². The predicted molar refractivity (Wildman–Crippen MR) is 126 cm³/mol. The number of aliphatic hydroxyl groups is 1. The van der Waals surface area contributed by atoms with Crippen LogP contribution in [0.15, 0.2) is 58.1 Å². The number of Topliss-reactive ketones (excluding diaryl/α,β-unsaturated/α-hetero) is 1. The third-order valence-corrected chi connectivity index (χ3v) is 5.33. The van der Waals surface area contributed by atoms with Crippen LogP contribution in [0.4, 0.5) is 24.8 Å². The SMILES string of the molecule is C[C@@H](Oc1ccc(Nc2nc(=O)n(CCC(=O)CO)c(=O)n2Cc2ccc(Cl)cc2)cc1)C(F)(F)F. The Hall–Kier alpha value is -3.64. The lowest BCUT2D eigenvalue weighted by Gasteiger charge is -2.18. The number of hydrogen-bond donors (Lipinski definition) is 2. The van der Waals surface area contributed by atoms with Crippen molar-refractivity contribution < 1.29 is 27.8 Å². The van der Waals surface area contributed by atoms with Crippen LogP contribution < -0.4 is 21.4 Å². The van der Waals surface area contributed by atoms with Gasteiger partial charge in [0.2, 0.25) is 5.95 Å². The number of carbonyl (C=O) groups excluding carboxylic acids is 1. The highest BCUT2D eigenvalue weighted by Gasteiger charge is 2.38. The van der Waals surface area contributed by atoms with Crippen LogP contribution >= 0.6 is 11.6 Å². The number of rotatable bonds is 10. The summed E-state index contributed by atoms with van der Waals surface area (Å²) in [7, 11) is 0. The van der Waals surface area contributed by atoms with Crippen LogP contribution in [0.2, 0.25) is 5.02 Å². The number of nitrogens with zero attached hydrogens (tertiary/aromatic N) is 3. The second-order valence-electron chi connectivity index (χ2n) is 7.76. The molecule has 3 rings (SSSR count). The van der Waals surface area contributed by atoms with Gasteiger partial charge in [0.05, 0.1) is 6.54 Å². The molecule has 0 aliphatic heterocycles. The molecule has 1 heterocycles. The molecule has 2 N–H and O–H groups in total. The van der Waals surface area contributed by atoms with Crippen LogP contribution in [0.1, 0.15) is 18.9 Å². The molecule has 192 valence electrons. The molecule has 9 nitrogen and oxygen atoms in total. The Bertz CT molecular complexity index is 1320. The van der Waals surface area contributed by atoms with Gasteiger partial charge >= 0.3 is 17.6 Å². The first-order chi connectivity index (χ1) is 17.0. The molecule has 1 atom stereocenters. The summed E-state index contributed by atoms with van der Waals surface area (Å²) >= 11 is 5.92. The van der Waals surface area contributed by atoms with Gasteiger partial charge in [0.15, 0.2) is 11.9 Å². The zero-order valence-corrected chi connectivity index (χ0v) is 19.7. The molecule has 0 amide bonds. The average molecular weight is 527 g/mol. The Balaban J connectivity index is 1.93. The molecular weight excluding hydrogens is 505 g/mol. The largest absolute Gasteiger partial charge is 0.481 e. The topological polar surface area (TPSA) is 115 Å². The summed E-state index contributed by atoms with van der Waals surface area (Å²) in [6.07, 6.45) is -6.77. The van der Waals surface area contributed by atoms with Gasteiger partial charge in [0.25, 0.3) is 0 Å². The number of hydrogen-bond acceptors (Lipinski definition) is 7. The van der Waals surface area contributed by atoms with Gasteiger partial charge in [-0.3, -0.25) is 9.36 Å². The van der Waals surface area contributed by atoms with Crippen LogP contribution in [0.5, 0.6) is 5.75 Å². The Morgan fingerprint density at radius 2 is 1.75 bits per heavy atom. The van der Waals surface area contributed by atoms with Gasteiger partial charge in [-0.2, -0.15) is 18.2 Å². The van der Waals surface area contributed by atoms with E-state index in [9.17, 15) is 27.6 Å². The second-order valence-corrected chi connectivity index (χ2v) is 8.20. The summed E-state index contributed by atoms with van der Waals surface area (Å²) in [6.45, 7) is -0.116. The lowest BCUT2D eigenvalue weighted by atomic mass is 10.2. The lowest BCUT2D eigenvalue weighted by Crippen LogP contribution is -2.43. The van der Waals surface area contributed by atoms with Crippen molar-refractivity contribution in [3.8, 4) is 5.75 Å². The van der Waals surface area contributed by atoms with E-state index in [2.05, 4.69) is 10.3 Å². The Labute approximate surface area is 207 Å². The average Bonchev–Trinajstić information content (AvgIpc) is 2.83. The number of aliphatic hydroxyl groups excluding tert-OH is 1. The van der Waals surface area contributed by atoms with Crippen LogP contribution in [-0.2, 0) is 17.9 Å². The number of ketones is 1. The highest BCUT2D eigenvalue weighted by molar-refractivity contribution is 6.30. The first kappa shape index (κ1) is 27.0. The summed E-state index contributed by atoms with van der Waals surface area (Å²) in [5.41, 5.74) is -0.684. The van der Waals surface area contributed by atoms with E-state index in [1.807, 2.05) is 0 Å². The van der Waals surface area contributed by atoms with Crippen LogP contribution in [0.3, 0.4) is 0 Å². The summed E-state index contributed by atoms with van der Waals surface area (Å²) in [5.74, 6) is -0.697. The first-order valence-electron chi connectivity index (χ1n) is 10.7. The molecular formula is C23H22ClF3N4O5. The standard InChI is InChI=1S/C23H22ClF3N4O5/c1-14(23(25,26)27)36-19-8-6-17(7-9-19)28-20-29-21(34)30(11-10-18(33)13-32)22(35)31(20)12-15-2-4-16(24)5-3-15/h2-9,14,32H,10-13H2,1H3,(H,28,29,34)/t14-/m1/s1. The summed E-state index contributed by atoms with van der Waals surface area (Å²) < 4.78 is 45.0. The zero-order chi connectivity index (χ0) is 26.5. The Kier molecular flexibility index (Phi) is 8.53. The van der Waals surface area contributed by atoms with E-state index >= 15 is 0 Å². The van der Waals surface area contributed by atoms with E-state index in [-0.39, 0.29) is 31.2 Å². The van der Waals surface area contributed by atoms with Gasteiger partial charge in [0, 0.05) is 23.7 Å². The smallest absolute Gasteiger partial charge is 0.425 e. The minimum absolute atomic E-state index is 0.0101. The first-order valence-corrected chi connectivity index (χ1v) is 11.0. The minimum atomic E-state index is -4.52. The number of alkyl halides is 3. The van der Waals surface area contributed by atoms with Crippen molar-refractivity contribution in [1.29, 1.82) is 0 Å². The quantitative estimate of drug-likeness (QED) is 0.417.